The molecule has 0 spiro atoms. The predicted molar refractivity (Wildman–Crippen MR) is 44.7 cm³/mol. The monoisotopic (exact) mass is 141 g/mol. The van der Waals surface area contributed by atoms with Crippen molar-refractivity contribution in [3.05, 3.63) is 0 Å². The molecule has 1 nitrogen and oxygen atoms in total. The van der Waals surface area contributed by atoms with Crippen LogP contribution in [0.15, 0.2) is 0 Å². The molecular formula is C9H19N. The van der Waals surface area contributed by atoms with Gasteiger partial charge in [-0.25, -0.2) is 0 Å². The molecule has 60 valence electrons. The Morgan fingerprint density at radius 2 is 1.90 bits per heavy atom. The van der Waals surface area contributed by atoms with E-state index in [1.807, 2.05) is 0 Å². The fourth-order valence-electron chi connectivity index (χ4n) is 2.06. The quantitative estimate of drug-likeness (QED) is 0.625. The van der Waals surface area contributed by atoms with E-state index in [9.17, 15) is 0 Å². The highest BCUT2D eigenvalue weighted by atomic mass is 14.8. The average molecular weight is 141 g/mol. The van der Waals surface area contributed by atoms with Gasteiger partial charge in [0.25, 0.3) is 0 Å². The van der Waals surface area contributed by atoms with Gasteiger partial charge in [0.15, 0.2) is 0 Å². The van der Waals surface area contributed by atoms with E-state index < -0.39 is 0 Å². The highest BCUT2D eigenvalue weighted by molar-refractivity contribution is 5.10. The number of rotatable bonds is 2. The SMILES string of the molecule is CCC(C)[C@H]1[C@H](N)C1(C)C. The van der Waals surface area contributed by atoms with Crippen molar-refractivity contribution >= 4 is 0 Å². The molecule has 0 bridgehead atoms. The van der Waals surface area contributed by atoms with Gasteiger partial charge in [-0.05, 0) is 17.3 Å². The molecule has 0 aromatic carbocycles. The topological polar surface area (TPSA) is 26.0 Å². The fraction of sp³-hybridized carbons (Fsp3) is 1.00. The molecule has 1 aliphatic carbocycles. The van der Waals surface area contributed by atoms with Crippen molar-refractivity contribution in [1.82, 2.24) is 0 Å². The highest BCUT2D eigenvalue weighted by Crippen LogP contribution is 2.55. The van der Waals surface area contributed by atoms with Crippen molar-refractivity contribution in [2.24, 2.45) is 23.0 Å². The van der Waals surface area contributed by atoms with Gasteiger partial charge in [0, 0.05) is 6.04 Å². The van der Waals surface area contributed by atoms with E-state index in [1.165, 1.54) is 6.42 Å². The molecule has 1 heteroatoms. The number of hydrogen-bond donors (Lipinski definition) is 1. The second kappa shape index (κ2) is 2.23. The van der Waals surface area contributed by atoms with Crippen LogP contribution in [0.3, 0.4) is 0 Å². The van der Waals surface area contributed by atoms with E-state index >= 15 is 0 Å². The van der Waals surface area contributed by atoms with Crippen LogP contribution in [-0.4, -0.2) is 6.04 Å². The summed E-state index contributed by atoms with van der Waals surface area (Å²) in [6.45, 7) is 9.09. The van der Waals surface area contributed by atoms with Gasteiger partial charge in [-0.2, -0.15) is 0 Å². The van der Waals surface area contributed by atoms with Gasteiger partial charge in [-0.15, -0.1) is 0 Å². The maximum absolute atomic E-state index is 5.92. The van der Waals surface area contributed by atoms with E-state index in [4.69, 9.17) is 5.73 Å². The standard InChI is InChI=1S/C9H19N/c1-5-6(2)7-8(10)9(7,3)4/h6-8H,5,10H2,1-4H3/t6?,7-,8-/m0/s1. The Morgan fingerprint density at radius 1 is 1.50 bits per heavy atom. The van der Waals surface area contributed by atoms with E-state index in [-0.39, 0.29) is 0 Å². The Kier molecular flexibility index (Phi) is 1.80. The zero-order valence-corrected chi connectivity index (χ0v) is 7.52. The van der Waals surface area contributed by atoms with Gasteiger partial charge in [0.2, 0.25) is 0 Å². The predicted octanol–water partition coefficient (Wildman–Crippen LogP) is 2.02. The van der Waals surface area contributed by atoms with Crippen LogP contribution < -0.4 is 5.73 Å². The molecule has 1 aliphatic rings. The molecule has 1 fully saturated rings. The Bertz CT molecular complexity index is 129. The van der Waals surface area contributed by atoms with Crippen LogP contribution >= 0.6 is 0 Å². The summed E-state index contributed by atoms with van der Waals surface area (Å²) in [5.74, 6) is 1.59. The van der Waals surface area contributed by atoms with Crippen molar-refractivity contribution in [2.75, 3.05) is 0 Å². The molecule has 0 saturated heterocycles. The summed E-state index contributed by atoms with van der Waals surface area (Å²) in [7, 11) is 0. The van der Waals surface area contributed by atoms with Crippen LogP contribution in [0, 0.1) is 17.3 Å². The zero-order valence-electron chi connectivity index (χ0n) is 7.52. The molecule has 1 saturated carbocycles. The second-order valence-electron chi connectivity index (χ2n) is 4.26. The molecule has 0 heterocycles. The second-order valence-corrected chi connectivity index (χ2v) is 4.26. The average Bonchev–Trinajstić information content (AvgIpc) is 2.33. The van der Waals surface area contributed by atoms with Gasteiger partial charge < -0.3 is 5.73 Å². The Hall–Kier alpha value is -0.0400. The first-order valence-corrected chi connectivity index (χ1v) is 4.27. The summed E-state index contributed by atoms with van der Waals surface area (Å²) in [4.78, 5) is 0. The first kappa shape index (κ1) is 8.06. The molecule has 0 aliphatic heterocycles. The Labute approximate surface area is 64.0 Å². The summed E-state index contributed by atoms with van der Waals surface area (Å²) in [5.41, 5.74) is 6.35. The van der Waals surface area contributed by atoms with Gasteiger partial charge in [0.1, 0.15) is 0 Å². The lowest BCUT2D eigenvalue weighted by Crippen LogP contribution is -2.08. The third-order valence-corrected chi connectivity index (χ3v) is 3.25. The first-order chi connectivity index (χ1) is 4.51. The third-order valence-electron chi connectivity index (χ3n) is 3.25. The summed E-state index contributed by atoms with van der Waals surface area (Å²) >= 11 is 0. The molecule has 0 amide bonds. The molecule has 0 aromatic rings. The summed E-state index contributed by atoms with van der Waals surface area (Å²) in [5, 5.41) is 0. The van der Waals surface area contributed by atoms with Gasteiger partial charge in [-0.3, -0.25) is 0 Å². The first-order valence-electron chi connectivity index (χ1n) is 4.27. The van der Waals surface area contributed by atoms with Crippen LogP contribution in [0.2, 0.25) is 0 Å². The largest absolute Gasteiger partial charge is 0.327 e. The number of nitrogens with two attached hydrogens (primary N) is 1. The summed E-state index contributed by atoms with van der Waals surface area (Å²) in [6.07, 6.45) is 1.27. The third kappa shape index (κ3) is 0.968. The Morgan fingerprint density at radius 3 is 2.00 bits per heavy atom. The van der Waals surface area contributed by atoms with Crippen molar-refractivity contribution < 1.29 is 0 Å². The highest BCUT2D eigenvalue weighted by Gasteiger charge is 2.56. The van der Waals surface area contributed by atoms with Gasteiger partial charge >= 0.3 is 0 Å². The van der Waals surface area contributed by atoms with E-state index in [2.05, 4.69) is 27.7 Å². The minimum absolute atomic E-state index is 0.426. The lowest BCUT2D eigenvalue weighted by molar-refractivity contribution is 0.412. The molecule has 3 atom stereocenters. The fourth-order valence-corrected chi connectivity index (χ4v) is 2.06. The van der Waals surface area contributed by atoms with Gasteiger partial charge in [0.05, 0.1) is 0 Å². The lowest BCUT2D eigenvalue weighted by atomic mass is 9.97. The lowest BCUT2D eigenvalue weighted by Gasteiger charge is -2.08. The van der Waals surface area contributed by atoms with Crippen molar-refractivity contribution in [3.8, 4) is 0 Å². The summed E-state index contributed by atoms with van der Waals surface area (Å²) in [6, 6.07) is 0.461. The molecular weight excluding hydrogens is 122 g/mol. The smallest absolute Gasteiger partial charge is 0.0130 e. The van der Waals surface area contributed by atoms with E-state index in [1.54, 1.807) is 0 Å². The molecule has 1 rings (SSSR count). The molecule has 0 radical (unpaired) electrons. The minimum atomic E-state index is 0.426. The van der Waals surface area contributed by atoms with Crippen LogP contribution in [-0.2, 0) is 0 Å². The molecule has 1 unspecified atom stereocenters. The minimum Gasteiger partial charge on any atom is -0.327 e. The molecule has 0 aromatic heterocycles. The van der Waals surface area contributed by atoms with Crippen molar-refractivity contribution in [3.63, 3.8) is 0 Å². The molecule has 10 heavy (non-hydrogen) atoms. The molecule has 2 N–H and O–H groups in total. The maximum atomic E-state index is 5.92. The van der Waals surface area contributed by atoms with Crippen LogP contribution in [0.25, 0.3) is 0 Å². The maximum Gasteiger partial charge on any atom is 0.0130 e. The van der Waals surface area contributed by atoms with Crippen molar-refractivity contribution in [2.45, 2.75) is 40.2 Å². The normalized spacial score (nSPS) is 39.3. The number of hydrogen-bond acceptors (Lipinski definition) is 1. The van der Waals surface area contributed by atoms with Crippen molar-refractivity contribution in [1.29, 1.82) is 0 Å². The van der Waals surface area contributed by atoms with E-state index in [0.717, 1.165) is 11.8 Å². The van der Waals surface area contributed by atoms with Crippen LogP contribution in [0.1, 0.15) is 34.1 Å². The van der Waals surface area contributed by atoms with Crippen LogP contribution in [0.5, 0.6) is 0 Å². The van der Waals surface area contributed by atoms with E-state index in [0.29, 0.717) is 11.5 Å². The summed E-state index contributed by atoms with van der Waals surface area (Å²) < 4.78 is 0. The van der Waals surface area contributed by atoms with Gasteiger partial charge in [-0.1, -0.05) is 34.1 Å². The Balaban J connectivity index is 2.48. The zero-order chi connectivity index (χ0) is 7.94. The van der Waals surface area contributed by atoms with Crippen LogP contribution in [0.4, 0.5) is 0 Å².